The zero-order chi connectivity index (χ0) is 22.0. The summed E-state index contributed by atoms with van der Waals surface area (Å²) in [6.07, 6.45) is 2.20. The molecule has 0 aliphatic carbocycles. The van der Waals surface area contributed by atoms with Crippen molar-refractivity contribution >= 4 is 23.1 Å². The monoisotopic (exact) mass is 444 g/mol. The number of hydrogen-bond acceptors (Lipinski definition) is 6. The predicted octanol–water partition coefficient (Wildman–Crippen LogP) is 4.65. The molecule has 8 heteroatoms. The Bertz CT molecular complexity index is 1070. The molecule has 1 aliphatic heterocycles. The second kappa shape index (κ2) is 9.42. The summed E-state index contributed by atoms with van der Waals surface area (Å²) in [6.45, 7) is 7.59. The van der Waals surface area contributed by atoms with Gasteiger partial charge in [0.1, 0.15) is 11.6 Å². The summed E-state index contributed by atoms with van der Waals surface area (Å²) in [5.41, 5.74) is 5.58. The van der Waals surface area contributed by atoms with Crippen LogP contribution in [0.1, 0.15) is 36.7 Å². The van der Waals surface area contributed by atoms with Gasteiger partial charge in [-0.05, 0) is 31.5 Å². The van der Waals surface area contributed by atoms with Crippen LogP contribution in [0, 0.1) is 6.92 Å². The molecule has 4 rings (SSSR count). The molecule has 1 aromatic carbocycles. The van der Waals surface area contributed by atoms with Crippen molar-refractivity contribution in [1.29, 1.82) is 0 Å². The summed E-state index contributed by atoms with van der Waals surface area (Å²) in [6, 6.07) is 5.70. The molecule has 0 N–H and O–H groups in total. The Hall–Kier alpha value is -2.35. The second-order valence-electron chi connectivity index (χ2n) is 7.73. The molecule has 2 aromatic heterocycles. The van der Waals surface area contributed by atoms with Gasteiger partial charge in [0, 0.05) is 31.3 Å². The molecule has 166 valence electrons. The molecule has 3 aromatic rings. The van der Waals surface area contributed by atoms with Gasteiger partial charge in [0.05, 0.1) is 48.9 Å². The Kier molecular flexibility index (Phi) is 6.65. The van der Waals surface area contributed by atoms with Crippen LogP contribution in [0.25, 0.3) is 16.8 Å². The summed E-state index contributed by atoms with van der Waals surface area (Å²) in [7, 11) is 3.36. The Balaban J connectivity index is 1.92. The van der Waals surface area contributed by atoms with Gasteiger partial charge in [-0.1, -0.05) is 24.9 Å². The van der Waals surface area contributed by atoms with E-state index in [9.17, 15) is 0 Å². The highest BCUT2D eigenvalue weighted by molar-refractivity contribution is 6.33. The van der Waals surface area contributed by atoms with Crippen LogP contribution >= 0.6 is 11.6 Å². The first-order valence-corrected chi connectivity index (χ1v) is 11.0. The minimum atomic E-state index is 0.505. The fraction of sp³-hybridized carbons (Fsp3) is 0.478. The zero-order valence-corrected chi connectivity index (χ0v) is 19.3. The SMILES string of the molecule is CCCCN(CCOC)c1c2c(nc3c(-c4ccc(OC)cc4Cl)c(C)nn13)COC2. The number of rotatable bonds is 9. The standard InChI is InChI=1S/C23H29ClN4O3/c1-5-6-9-27(10-11-29-3)23-18-13-31-14-20(18)25-22-21(15(2)26-28(22)23)17-8-7-16(30-4)12-19(17)24/h7-8,12H,5-6,9-11,13-14H2,1-4H3. The molecule has 1 aliphatic rings. The molecule has 0 atom stereocenters. The molecule has 0 amide bonds. The number of halogens is 1. The zero-order valence-electron chi connectivity index (χ0n) is 18.6. The molecule has 0 radical (unpaired) electrons. The van der Waals surface area contributed by atoms with E-state index >= 15 is 0 Å². The maximum Gasteiger partial charge on any atom is 0.165 e. The van der Waals surface area contributed by atoms with E-state index in [-0.39, 0.29) is 0 Å². The first kappa shape index (κ1) is 21.9. The van der Waals surface area contributed by atoms with Crippen LogP contribution in [0.3, 0.4) is 0 Å². The topological polar surface area (TPSA) is 61.1 Å². The molecule has 0 unspecified atom stereocenters. The molecule has 0 fully saturated rings. The van der Waals surface area contributed by atoms with Crippen molar-refractivity contribution in [1.82, 2.24) is 14.6 Å². The molecule has 0 saturated heterocycles. The van der Waals surface area contributed by atoms with E-state index < -0.39 is 0 Å². The third-order valence-corrected chi connectivity index (χ3v) is 5.99. The molecule has 0 bridgehead atoms. The Morgan fingerprint density at radius 1 is 1.23 bits per heavy atom. The van der Waals surface area contributed by atoms with E-state index in [0.717, 1.165) is 71.2 Å². The van der Waals surface area contributed by atoms with Crippen molar-refractivity contribution in [3.8, 4) is 16.9 Å². The van der Waals surface area contributed by atoms with Gasteiger partial charge in [-0.3, -0.25) is 0 Å². The maximum atomic E-state index is 6.63. The van der Waals surface area contributed by atoms with Crippen molar-refractivity contribution < 1.29 is 14.2 Å². The number of ether oxygens (including phenoxy) is 3. The van der Waals surface area contributed by atoms with Crippen molar-refractivity contribution in [2.45, 2.75) is 39.9 Å². The van der Waals surface area contributed by atoms with Gasteiger partial charge in [0.15, 0.2) is 5.65 Å². The number of unbranched alkanes of at least 4 members (excludes halogenated alkanes) is 1. The van der Waals surface area contributed by atoms with Crippen LogP contribution in [0.2, 0.25) is 5.02 Å². The molecule has 0 saturated carbocycles. The highest BCUT2D eigenvalue weighted by Crippen LogP contribution is 2.38. The number of benzene rings is 1. The molecule has 7 nitrogen and oxygen atoms in total. The first-order valence-electron chi connectivity index (χ1n) is 10.7. The second-order valence-corrected chi connectivity index (χ2v) is 8.14. The molecule has 31 heavy (non-hydrogen) atoms. The molecular formula is C23H29ClN4O3. The number of nitrogens with zero attached hydrogens (tertiary/aromatic N) is 4. The van der Waals surface area contributed by atoms with E-state index in [4.69, 9.17) is 35.9 Å². The lowest BCUT2D eigenvalue weighted by molar-refractivity contribution is 0.133. The van der Waals surface area contributed by atoms with Crippen LogP contribution in [0.4, 0.5) is 5.82 Å². The summed E-state index contributed by atoms with van der Waals surface area (Å²) in [5, 5.41) is 5.52. The molecule has 3 heterocycles. The number of aryl methyl sites for hydroxylation is 1. The predicted molar refractivity (Wildman–Crippen MR) is 122 cm³/mol. The largest absolute Gasteiger partial charge is 0.497 e. The van der Waals surface area contributed by atoms with Crippen molar-refractivity contribution in [3.05, 3.63) is 40.2 Å². The van der Waals surface area contributed by atoms with Gasteiger partial charge in [0.2, 0.25) is 0 Å². The fourth-order valence-electron chi connectivity index (χ4n) is 4.07. The number of methoxy groups -OCH3 is 2. The number of anilines is 1. The van der Waals surface area contributed by atoms with Crippen LogP contribution in [-0.4, -0.2) is 48.5 Å². The normalized spacial score (nSPS) is 13.1. The summed E-state index contributed by atoms with van der Waals surface area (Å²) >= 11 is 6.63. The minimum absolute atomic E-state index is 0.505. The van der Waals surface area contributed by atoms with Gasteiger partial charge >= 0.3 is 0 Å². The van der Waals surface area contributed by atoms with Crippen molar-refractivity contribution in [2.24, 2.45) is 0 Å². The first-order chi connectivity index (χ1) is 15.1. The number of aromatic nitrogens is 3. The van der Waals surface area contributed by atoms with Gasteiger partial charge in [-0.25, -0.2) is 4.98 Å². The third-order valence-electron chi connectivity index (χ3n) is 5.67. The lowest BCUT2D eigenvalue weighted by atomic mass is 10.1. The summed E-state index contributed by atoms with van der Waals surface area (Å²) < 4.78 is 18.5. The average Bonchev–Trinajstić information content (AvgIpc) is 3.36. The highest BCUT2D eigenvalue weighted by Gasteiger charge is 2.28. The van der Waals surface area contributed by atoms with E-state index in [1.54, 1.807) is 14.2 Å². The minimum Gasteiger partial charge on any atom is -0.497 e. The Morgan fingerprint density at radius 2 is 2.06 bits per heavy atom. The quantitative estimate of drug-likeness (QED) is 0.478. The lowest BCUT2D eigenvalue weighted by Gasteiger charge is -2.26. The Labute approximate surface area is 187 Å². The highest BCUT2D eigenvalue weighted by atomic mass is 35.5. The van der Waals surface area contributed by atoms with Gasteiger partial charge in [-0.15, -0.1) is 0 Å². The molecule has 0 spiro atoms. The molecular weight excluding hydrogens is 416 g/mol. The Morgan fingerprint density at radius 3 is 2.77 bits per heavy atom. The van der Waals surface area contributed by atoms with Crippen molar-refractivity contribution in [2.75, 3.05) is 38.8 Å². The van der Waals surface area contributed by atoms with Gasteiger partial charge in [0.25, 0.3) is 0 Å². The number of fused-ring (bicyclic) bond motifs is 2. The van der Waals surface area contributed by atoms with E-state index in [1.807, 2.05) is 29.6 Å². The van der Waals surface area contributed by atoms with Crippen LogP contribution < -0.4 is 9.64 Å². The average molecular weight is 445 g/mol. The summed E-state index contributed by atoms with van der Waals surface area (Å²) in [4.78, 5) is 7.32. The summed E-state index contributed by atoms with van der Waals surface area (Å²) in [5.74, 6) is 1.76. The maximum absolute atomic E-state index is 6.63. The van der Waals surface area contributed by atoms with Crippen LogP contribution in [0.15, 0.2) is 18.2 Å². The van der Waals surface area contributed by atoms with E-state index in [0.29, 0.717) is 24.8 Å². The van der Waals surface area contributed by atoms with Crippen molar-refractivity contribution in [3.63, 3.8) is 0 Å². The third kappa shape index (κ3) is 4.10. The smallest absolute Gasteiger partial charge is 0.165 e. The van der Waals surface area contributed by atoms with Gasteiger partial charge in [-0.2, -0.15) is 9.61 Å². The van der Waals surface area contributed by atoms with Crippen LogP contribution in [-0.2, 0) is 22.7 Å². The lowest BCUT2D eigenvalue weighted by Crippen LogP contribution is -2.31. The fourth-order valence-corrected chi connectivity index (χ4v) is 4.34. The van der Waals surface area contributed by atoms with Crippen LogP contribution in [0.5, 0.6) is 5.75 Å². The van der Waals surface area contributed by atoms with E-state index in [1.165, 1.54) is 0 Å². The number of hydrogen-bond donors (Lipinski definition) is 0. The van der Waals surface area contributed by atoms with Gasteiger partial charge < -0.3 is 19.1 Å². The van der Waals surface area contributed by atoms with E-state index in [2.05, 4.69) is 11.8 Å².